The highest BCUT2D eigenvalue weighted by atomic mass is 32.1. The standard InChI is InChI=1S/C23H27NO4S/c25-19-8-5-7-17-18(13-29-22(17)19)23(28)24-21-15-11-10-14(12-15)16(21)6-3-1-2-4-9-20(26)27/h1,3,5,7-8,13-16,21,25H,2,4,6,9-12H2,(H,24,28)(H,26,27)/b3-1-/t14-,15+,16+,21+/m1/s1. The summed E-state index contributed by atoms with van der Waals surface area (Å²) in [6.45, 7) is 0. The van der Waals surface area contributed by atoms with Crippen molar-refractivity contribution < 1.29 is 19.8 Å². The Morgan fingerprint density at radius 3 is 2.86 bits per heavy atom. The van der Waals surface area contributed by atoms with E-state index >= 15 is 0 Å². The minimum Gasteiger partial charge on any atom is -0.506 e. The van der Waals surface area contributed by atoms with Crippen LogP contribution in [0.15, 0.2) is 35.7 Å². The molecule has 2 fully saturated rings. The van der Waals surface area contributed by atoms with Gasteiger partial charge in [-0.2, -0.15) is 0 Å². The molecule has 0 spiro atoms. The van der Waals surface area contributed by atoms with Crippen molar-refractivity contribution >= 4 is 33.3 Å². The van der Waals surface area contributed by atoms with Gasteiger partial charge in [-0.15, -0.1) is 11.3 Å². The number of carbonyl (C=O) groups excluding carboxylic acids is 1. The minimum atomic E-state index is -0.747. The van der Waals surface area contributed by atoms with Crippen LogP contribution in [0.4, 0.5) is 0 Å². The van der Waals surface area contributed by atoms with Crippen LogP contribution in [-0.2, 0) is 4.79 Å². The zero-order chi connectivity index (χ0) is 20.4. The monoisotopic (exact) mass is 413 g/mol. The van der Waals surface area contributed by atoms with Crippen LogP contribution in [-0.4, -0.2) is 28.1 Å². The van der Waals surface area contributed by atoms with Crippen LogP contribution in [0.5, 0.6) is 5.75 Å². The Kier molecular flexibility index (Phi) is 5.90. The third kappa shape index (κ3) is 4.17. The number of aromatic hydroxyl groups is 1. The number of thiophene rings is 1. The SMILES string of the molecule is O=C(O)CCC/C=C\C[C@H]1[C@@H]2CC[C@@H](C2)[C@@H]1NC(=O)c1csc2c(O)cccc12. The van der Waals surface area contributed by atoms with Crippen molar-refractivity contribution in [2.75, 3.05) is 0 Å². The molecule has 4 atom stereocenters. The van der Waals surface area contributed by atoms with Crippen molar-refractivity contribution in [1.29, 1.82) is 0 Å². The predicted molar refractivity (Wildman–Crippen MR) is 114 cm³/mol. The van der Waals surface area contributed by atoms with Crippen molar-refractivity contribution in [1.82, 2.24) is 5.32 Å². The van der Waals surface area contributed by atoms with Gasteiger partial charge in [-0.25, -0.2) is 0 Å². The molecule has 4 rings (SSSR count). The number of allylic oxidation sites excluding steroid dienone is 2. The lowest BCUT2D eigenvalue weighted by Crippen LogP contribution is -2.43. The van der Waals surface area contributed by atoms with Gasteiger partial charge in [-0.05, 0) is 62.3 Å². The number of carboxylic acids is 1. The first kappa shape index (κ1) is 20.0. The Morgan fingerprint density at radius 1 is 1.21 bits per heavy atom. The van der Waals surface area contributed by atoms with Gasteiger partial charge in [-0.1, -0.05) is 24.3 Å². The van der Waals surface area contributed by atoms with E-state index in [0.29, 0.717) is 29.7 Å². The molecule has 154 valence electrons. The molecule has 0 unspecified atom stereocenters. The van der Waals surface area contributed by atoms with E-state index in [-0.39, 0.29) is 24.1 Å². The second-order valence-electron chi connectivity index (χ2n) is 8.29. The number of hydrogen-bond donors (Lipinski definition) is 3. The van der Waals surface area contributed by atoms with Crippen molar-refractivity contribution in [2.24, 2.45) is 17.8 Å². The van der Waals surface area contributed by atoms with Crippen LogP contribution < -0.4 is 5.32 Å². The molecule has 1 aromatic heterocycles. The van der Waals surface area contributed by atoms with Crippen molar-refractivity contribution in [3.05, 3.63) is 41.3 Å². The van der Waals surface area contributed by atoms with Crippen molar-refractivity contribution in [3.63, 3.8) is 0 Å². The number of hydrogen-bond acceptors (Lipinski definition) is 4. The Labute approximate surface area is 174 Å². The lowest BCUT2D eigenvalue weighted by Gasteiger charge is -2.31. The number of phenols is 1. The number of phenolic OH excluding ortho intramolecular Hbond substituents is 1. The molecule has 0 radical (unpaired) electrons. The number of benzene rings is 1. The largest absolute Gasteiger partial charge is 0.506 e. The number of unbranched alkanes of at least 4 members (excludes halogenated alkanes) is 1. The first-order valence-electron chi connectivity index (χ1n) is 10.4. The summed E-state index contributed by atoms with van der Waals surface area (Å²) in [5, 5.41) is 24.7. The van der Waals surface area contributed by atoms with Gasteiger partial charge in [0.05, 0.1) is 10.3 Å². The lowest BCUT2D eigenvalue weighted by molar-refractivity contribution is -0.137. The zero-order valence-electron chi connectivity index (χ0n) is 16.3. The Bertz CT molecular complexity index is 934. The highest BCUT2D eigenvalue weighted by Crippen LogP contribution is 2.50. The molecule has 6 heteroatoms. The number of carbonyl (C=O) groups is 2. The maximum Gasteiger partial charge on any atom is 0.303 e. The smallest absolute Gasteiger partial charge is 0.303 e. The summed E-state index contributed by atoms with van der Waals surface area (Å²) in [6.07, 6.45) is 10.5. The fourth-order valence-electron chi connectivity index (χ4n) is 5.16. The fourth-order valence-corrected chi connectivity index (χ4v) is 6.13. The van der Waals surface area contributed by atoms with Crippen LogP contribution in [0.3, 0.4) is 0 Å². The quantitative estimate of drug-likeness (QED) is 0.422. The molecule has 0 aliphatic heterocycles. The number of aliphatic carboxylic acids is 1. The minimum absolute atomic E-state index is 0.0464. The zero-order valence-corrected chi connectivity index (χ0v) is 17.2. The maximum absolute atomic E-state index is 13.0. The molecule has 2 bridgehead atoms. The second-order valence-corrected chi connectivity index (χ2v) is 9.17. The number of nitrogens with one attached hydrogen (secondary N) is 1. The molecule has 2 aromatic rings. The highest BCUT2D eigenvalue weighted by Gasteiger charge is 2.47. The van der Waals surface area contributed by atoms with E-state index in [9.17, 15) is 14.7 Å². The summed E-state index contributed by atoms with van der Waals surface area (Å²) in [5.74, 6) is 1.09. The molecular formula is C23H27NO4S. The van der Waals surface area contributed by atoms with E-state index in [1.807, 2.05) is 11.4 Å². The van der Waals surface area contributed by atoms with Gasteiger partial charge in [-0.3, -0.25) is 9.59 Å². The summed E-state index contributed by atoms with van der Waals surface area (Å²) in [4.78, 5) is 23.6. The molecule has 2 saturated carbocycles. The average molecular weight is 414 g/mol. The van der Waals surface area contributed by atoms with Crippen LogP contribution >= 0.6 is 11.3 Å². The van der Waals surface area contributed by atoms with Crippen LogP contribution in [0.25, 0.3) is 10.1 Å². The number of rotatable bonds is 8. The Balaban J connectivity index is 1.41. The van der Waals surface area contributed by atoms with E-state index in [1.54, 1.807) is 12.1 Å². The molecular weight excluding hydrogens is 386 g/mol. The van der Waals surface area contributed by atoms with E-state index in [1.165, 1.54) is 30.6 Å². The first-order chi connectivity index (χ1) is 14.0. The van der Waals surface area contributed by atoms with Gasteiger partial charge in [0.15, 0.2) is 0 Å². The summed E-state index contributed by atoms with van der Waals surface area (Å²) in [7, 11) is 0. The van der Waals surface area contributed by atoms with Crippen LogP contribution in [0.2, 0.25) is 0 Å². The molecule has 0 saturated heterocycles. The number of amides is 1. The highest BCUT2D eigenvalue weighted by molar-refractivity contribution is 7.18. The van der Waals surface area contributed by atoms with Gasteiger partial charge >= 0.3 is 5.97 Å². The third-order valence-corrected chi connectivity index (χ3v) is 7.56. The summed E-state index contributed by atoms with van der Waals surface area (Å²) in [5.41, 5.74) is 0.645. The Morgan fingerprint density at radius 2 is 2.03 bits per heavy atom. The van der Waals surface area contributed by atoms with Gasteiger partial charge in [0.1, 0.15) is 5.75 Å². The van der Waals surface area contributed by atoms with Gasteiger partial charge < -0.3 is 15.5 Å². The topological polar surface area (TPSA) is 86.6 Å². The van der Waals surface area contributed by atoms with Crippen LogP contribution in [0, 0.1) is 17.8 Å². The number of carboxylic acid groups (broad SMARTS) is 1. The molecule has 1 aromatic carbocycles. The first-order valence-corrected chi connectivity index (χ1v) is 11.3. The summed E-state index contributed by atoms with van der Waals surface area (Å²) < 4.78 is 0.756. The van der Waals surface area contributed by atoms with Gasteiger partial charge in [0, 0.05) is 23.2 Å². The molecule has 2 aliphatic rings. The van der Waals surface area contributed by atoms with E-state index < -0.39 is 5.97 Å². The maximum atomic E-state index is 13.0. The molecule has 1 heterocycles. The average Bonchev–Trinajstić information content (AvgIpc) is 3.40. The van der Waals surface area contributed by atoms with Crippen molar-refractivity contribution in [3.8, 4) is 5.75 Å². The lowest BCUT2D eigenvalue weighted by atomic mass is 9.82. The van der Waals surface area contributed by atoms with Gasteiger partial charge in [0.25, 0.3) is 5.91 Å². The second kappa shape index (κ2) is 8.57. The molecule has 1 amide bonds. The van der Waals surface area contributed by atoms with E-state index in [0.717, 1.165) is 22.9 Å². The summed E-state index contributed by atoms with van der Waals surface area (Å²) in [6, 6.07) is 5.50. The van der Waals surface area contributed by atoms with Crippen molar-refractivity contribution in [2.45, 2.75) is 51.0 Å². The van der Waals surface area contributed by atoms with Gasteiger partial charge in [0.2, 0.25) is 0 Å². The molecule has 29 heavy (non-hydrogen) atoms. The Hall–Kier alpha value is -2.34. The molecule has 2 aliphatic carbocycles. The fraction of sp³-hybridized carbons (Fsp3) is 0.478. The molecule has 5 nitrogen and oxygen atoms in total. The summed E-state index contributed by atoms with van der Waals surface area (Å²) >= 11 is 1.40. The van der Waals surface area contributed by atoms with E-state index in [4.69, 9.17) is 5.11 Å². The van der Waals surface area contributed by atoms with Crippen LogP contribution in [0.1, 0.15) is 55.3 Å². The number of fused-ring (bicyclic) bond motifs is 3. The predicted octanol–water partition coefficient (Wildman–Crippen LogP) is 4.95. The third-order valence-electron chi connectivity index (χ3n) is 6.55. The van der Waals surface area contributed by atoms with E-state index in [2.05, 4.69) is 17.5 Å². The molecule has 3 N–H and O–H groups in total. The normalized spacial score (nSPS) is 25.8.